The number of aryl methyl sites for hydroxylation is 2. The molecule has 0 fully saturated rings. The van der Waals surface area contributed by atoms with Crippen LogP contribution in [0.5, 0.6) is 0 Å². The Morgan fingerprint density at radius 1 is 0.675 bits per heavy atom. The van der Waals surface area contributed by atoms with Crippen molar-refractivity contribution in [3.63, 3.8) is 0 Å². The fourth-order valence-electron chi connectivity index (χ4n) is 7.27. The van der Waals surface area contributed by atoms with E-state index >= 15 is 0 Å². The molecule has 6 heteroatoms. The monoisotopic (exact) mass is 665 g/mol. The van der Waals surface area contributed by atoms with E-state index in [1.165, 1.54) is 33.4 Å². The van der Waals surface area contributed by atoms with Crippen LogP contribution in [0, 0.1) is 13.8 Å². The molecule has 6 rings (SSSR count). The molecule has 2 heterocycles. The molecule has 2 unspecified atom stereocenters. The molecule has 0 N–H and O–H groups in total. The summed E-state index contributed by atoms with van der Waals surface area (Å²) in [5.41, 5.74) is 10.1. The first kappa shape index (κ1) is 28.3. The van der Waals surface area contributed by atoms with Crippen molar-refractivity contribution in [2.45, 2.75) is 60.9 Å². The molecule has 207 valence electrons. The third-order valence-corrected chi connectivity index (χ3v) is 61.2. The minimum absolute atomic E-state index is 0.0767. The van der Waals surface area contributed by atoms with Crippen LogP contribution in [0.3, 0.4) is 0 Å². The Bertz CT molecular complexity index is 1570. The molecule has 2 aromatic carbocycles. The second-order valence-corrected chi connectivity index (χ2v) is 54.3. The number of allylic oxidation sites excluding steroid dienone is 2. The Morgan fingerprint density at radius 2 is 1.10 bits per heavy atom. The first-order valence-electron chi connectivity index (χ1n) is 14.5. The molecule has 2 aromatic heterocycles. The van der Waals surface area contributed by atoms with Crippen molar-refractivity contribution in [1.82, 2.24) is 0 Å². The van der Waals surface area contributed by atoms with Crippen LogP contribution >= 0.6 is 17.0 Å². The normalized spacial score (nSPS) is 19.3. The zero-order valence-electron chi connectivity index (χ0n) is 24.1. The summed E-state index contributed by atoms with van der Waals surface area (Å²) < 4.78 is 12.4. The van der Waals surface area contributed by atoms with E-state index in [0.717, 1.165) is 47.0 Å². The van der Waals surface area contributed by atoms with E-state index in [1.54, 1.807) is 0 Å². The Kier molecular flexibility index (Phi) is 7.18. The van der Waals surface area contributed by atoms with Gasteiger partial charge >= 0.3 is 249 Å². The van der Waals surface area contributed by atoms with Crippen LogP contribution in [0.1, 0.15) is 67.7 Å². The predicted octanol–water partition coefficient (Wildman–Crippen LogP) is 11.2. The quantitative estimate of drug-likeness (QED) is 0.183. The predicted molar refractivity (Wildman–Crippen MR) is 170 cm³/mol. The second-order valence-electron chi connectivity index (χ2n) is 11.8. The molecular weight excluding hydrogens is 631 g/mol. The molecule has 0 amide bonds. The zero-order valence-corrected chi connectivity index (χ0v) is 29.3. The molecule has 4 aromatic rings. The third-order valence-electron chi connectivity index (χ3n) is 9.34. The van der Waals surface area contributed by atoms with Gasteiger partial charge in [-0.1, -0.05) is 0 Å². The van der Waals surface area contributed by atoms with E-state index in [0.29, 0.717) is 0 Å². The summed E-state index contributed by atoms with van der Waals surface area (Å²) in [7, 11) is 16.9. The molecule has 0 spiro atoms. The standard InChI is InChI=1S/2C16H15O.C2H7Si.2ClH.Zr/c2*1-3-12-9-13-5-4-6-14(15(13)10-12)16-8-7-11(2)17-16;1-3-2;;;/h2*4-10H,3H2,1-2H3;3H,1-2H3;2*1H;/q;;;;;+2/p-2. The maximum absolute atomic E-state index is 8.46. The van der Waals surface area contributed by atoms with Gasteiger partial charge in [0, 0.05) is 0 Å². The van der Waals surface area contributed by atoms with E-state index < -0.39 is 21.5 Å². The SMILES string of the molecule is CCC1=Cc2c(-c3ccc(C)o3)cccc2[CH]1[Zr]([Cl])([Cl])([CH]1C(CC)=Cc2c(-c3ccc(C)o3)cccc21)[SiH](C)C. The van der Waals surface area contributed by atoms with Gasteiger partial charge < -0.3 is 0 Å². The summed E-state index contributed by atoms with van der Waals surface area (Å²) in [6, 6.07) is 21.4. The van der Waals surface area contributed by atoms with Gasteiger partial charge in [-0.25, -0.2) is 0 Å². The van der Waals surface area contributed by atoms with Crippen molar-refractivity contribution < 1.29 is 24.4 Å². The molecule has 2 aliphatic carbocycles. The van der Waals surface area contributed by atoms with Gasteiger partial charge in [-0.05, 0) is 0 Å². The molecule has 0 aliphatic heterocycles. The van der Waals surface area contributed by atoms with E-state index in [2.05, 4.69) is 87.6 Å². The number of hydrogen-bond donors (Lipinski definition) is 0. The summed E-state index contributed by atoms with van der Waals surface area (Å²) >= 11 is -4.75. The Labute approximate surface area is 246 Å². The van der Waals surface area contributed by atoms with Gasteiger partial charge in [-0.2, -0.15) is 0 Å². The molecule has 0 saturated carbocycles. The average molecular weight is 668 g/mol. The fraction of sp³-hybridized carbons (Fsp3) is 0.294. The Morgan fingerprint density at radius 3 is 1.43 bits per heavy atom. The van der Waals surface area contributed by atoms with E-state index in [4.69, 9.17) is 25.9 Å². The topological polar surface area (TPSA) is 26.3 Å². The minimum atomic E-state index is -4.75. The Balaban J connectivity index is 1.59. The van der Waals surface area contributed by atoms with Gasteiger partial charge in [-0.3, -0.25) is 0 Å². The molecule has 2 atom stereocenters. The second kappa shape index (κ2) is 10.2. The van der Waals surface area contributed by atoms with Crippen molar-refractivity contribution in [3.8, 4) is 22.6 Å². The number of halogens is 2. The molecule has 0 saturated heterocycles. The number of rotatable bonds is 7. The van der Waals surface area contributed by atoms with Gasteiger partial charge in [0.15, 0.2) is 0 Å². The summed E-state index contributed by atoms with van der Waals surface area (Å²) in [4.78, 5) is 0. The van der Waals surface area contributed by atoms with Gasteiger partial charge in [0.25, 0.3) is 0 Å². The van der Waals surface area contributed by atoms with E-state index in [1.807, 2.05) is 26.0 Å². The maximum atomic E-state index is 8.46. The van der Waals surface area contributed by atoms with E-state index in [-0.39, 0.29) is 7.25 Å². The summed E-state index contributed by atoms with van der Waals surface area (Å²) in [5.74, 6) is 2.04. The van der Waals surface area contributed by atoms with Crippen molar-refractivity contribution in [3.05, 3.63) is 106 Å². The first-order chi connectivity index (χ1) is 19.1. The molecule has 2 aliphatic rings. The molecule has 40 heavy (non-hydrogen) atoms. The van der Waals surface area contributed by atoms with Crippen LogP contribution in [0.15, 0.2) is 80.6 Å². The number of hydrogen-bond acceptors (Lipinski definition) is 2. The molecule has 0 bridgehead atoms. The van der Waals surface area contributed by atoms with Crippen LogP contribution < -0.4 is 0 Å². The van der Waals surface area contributed by atoms with Crippen LogP contribution in [-0.2, 0) is 15.6 Å². The van der Waals surface area contributed by atoms with E-state index in [9.17, 15) is 0 Å². The van der Waals surface area contributed by atoms with Crippen LogP contribution in [0.4, 0.5) is 0 Å². The van der Waals surface area contributed by atoms with Crippen LogP contribution in [0.2, 0.25) is 13.1 Å². The van der Waals surface area contributed by atoms with Gasteiger partial charge in [0.05, 0.1) is 0 Å². The van der Waals surface area contributed by atoms with Gasteiger partial charge in [0.1, 0.15) is 0 Å². The number of benzene rings is 2. The molecule has 0 radical (unpaired) electrons. The van der Waals surface area contributed by atoms with Gasteiger partial charge in [0.2, 0.25) is 0 Å². The molecular formula is C34H37Cl2O2SiZr. The summed E-state index contributed by atoms with van der Waals surface area (Å²) in [6.45, 7) is 13.3. The Hall–Kier alpha value is -1.84. The first-order valence-corrected chi connectivity index (χ1v) is 30.8. The summed E-state index contributed by atoms with van der Waals surface area (Å²) in [6.07, 6.45) is 6.62. The summed E-state index contributed by atoms with van der Waals surface area (Å²) in [5, 5.41) is 0. The van der Waals surface area contributed by atoms with Crippen LogP contribution in [0.25, 0.3) is 34.8 Å². The molecule has 2 nitrogen and oxygen atoms in total. The van der Waals surface area contributed by atoms with Crippen molar-refractivity contribution in [1.29, 1.82) is 0 Å². The van der Waals surface area contributed by atoms with Crippen molar-refractivity contribution >= 4 is 35.1 Å². The number of furan rings is 2. The zero-order chi connectivity index (χ0) is 28.4. The number of fused-ring (bicyclic) bond motifs is 2. The third kappa shape index (κ3) is 4.12. The van der Waals surface area contributed by atoms with Crippen molar-refractivity contribution in [2.75, 3.05) is 0 Å². The van der Waals surface area contributed by atoms with Crippen LogP contribution in [-0.4, -0.2) is 5.92 Å². The van der Waals surface area contributed by atoms with Crippen molar-refractivity contribution in [2.24, 2.45) is 0 Å². The fourth-order valence-corrected chi connectivity index (χ4v) is 39.1. The average Bonchev–Trinajstić information content (AvgIpc) is 3.72. The van der Waals surface area contributed by atoms with Gasteiger partial charge in [-0.15, -0.1) is 0 Å².